The first-order chi connectivity index (χ1) is 8.49. The van der Waals surface area contributed by atoms with Crippen molar-refractivity contribution in [3.8, 4) is 0 Å². The molecule has 0 spiro atoms. The minimum atomic E-state index is 0.136. The Hall–Kier alpha value is -1.14. The zero-order valence-corrected chi connectivity index (χ0v) is 12.0. The summed E-state index contributed by atoms with van der Waals surface area (Å²) in [5.74, 6) is 0.443. The maximum absolute atomic E-state index is 7.65. The molecule has 0 aliphatic carbocycles. The molecule has 1 aliphatic rings. The highest BCUT2D eigenvalue weighted by molar-refractivity contribution is 7.17. The van der Waals surface area contributed by atoms with Crippen molar-refractivity contribution in [3.05, 3.63) is 10.6 Å². The van der Waals surface area contributed by atoms with Crippen LogP contribution >= 0.6 is 11.3 Å². The van der Waals surface area contributed by atoms with E-state index >= 15 is 0 Å². The molecule has 6 heteroatoms. The van der Waals surface area contributed by atoms with Crippen LogP contribution in [0.15, 0.2) is 0 Å². The van der Waals surface area contributed by atoms with Gasteiger partial charge in [-0.15, -0.1) is 0 Å². The van der Waals surface area contributed by atoms with Crippen molar-refractivity contribution in [1.29, 1.82) is 5.41 Å². The number of rotatable bonds is 3. The molecule has 2 rings (SSSR count). The molecular formula is C12H21N5S. The Labute approximate surface area is 112 Å². The first-order valence-corrected chi connectivity index (χ1v) is 7.09. The number of amidine groups is 1. The zero-order valence-electron chi connectivity index (χ0n) is 11.2. The Morgan fingerprint density at radius 3 is 2.39 bits per heavy atom. The number of nitrogen functional groups attached to an aromatic ring is 1. The third kappa shape index (κ3) is 2.64. The molecule has 1 aromatic heterocycles. The number of thiazole rings is 1. The van der Waals surface area contributed by atoms with E-state index in [-0.39, 0.29) is 5.84 Å². The molecule has 1 fully saturated rings. The fourth-order valence-corrected chi connectivity index (χ4v) is 3.17. The highest BCUT2D eigenvalue weighted by Gasteiger charge is 2.22. The smallest absolute Gasteiger partial charge is 0.186 e. The molecule has 0 atom stereocenters. The van der Waals surface area contributed by atoms with Crippen molar-refractivity contribution in [2.75, 3.05) is 38.1 Å². The molecule has 0 unspecified atom stereocenters. The highest BCUT2D eigenvalue weighted by atomic mass is 32.1. The largest absolute Gasteiger partial charge is 0.383 e. The summed E-state index contributed by atoms with van der Waals surface area (Å²) in [4.78, 5) is 10.1. The molecule has 5 nitrogen and oxygen atoms in total. The Kier molecular flexibility index (Phi) is 3.87. The van der Waals surface area contributed by atoms with Gasteiger partial charge in [-0.25, -0.2) is 4.98 Å². The molecule has 100 valence electrons. The second-order valence-electron chi connectivity index (χ2n) is 5.07. The van der Waals surface area contributed by atoms with Gasteiger partial charge in [0.2, 0.25) is 0 Å². The van der Waals surface area contributed by atoms with E-state index in [0.717, 1.165) is 41.9 Å². The number of piperazine rings is 1. The van der Waals surface area contributed by atoms with E-state index in [0.29, 0.717) is 5.92 Å². The van der Waals surface area contributed by atoms with Crippen LogP contribution in [0.1, 0.15) is 30.3 Å². The van der Waals surface area contributed by atoms with Gasteiger partial charge in [-0.3, -0.25) is 5.41 Å². The molecule has 1 saturated heterocycles. The summed E-state index contributed by atoms with van der Waals surface area (Å²) in [6, 6.07) is 0. The summed E-state index contributed by atoms with van der Waals surface area (Å²) in [5.41, 5.74) is 6.60. The van der Waals surface area contributed by atoms with Gasteiger partial charge in [0.25, 0.3) is 0 Å². The molecule has 18 heavy (non-hydrogen) atoms. The van der Waals surface area contributed by atoms with Crippen molar-refractivity contribution >= 4 is 22.3 Å². The number of nitrogens with one attached hydrogen (secondary N) is 1. The average molecular weight is 267 g/mol. The molecule has 0 saturated carbocycles. The van der Waals surface area contributed by atoms with E-state index in [1.165, 1.54) is 0 Å². The first-order valence-electron chi connectivity index (χ1n) is 6.27. The van der Waals surface area contributed by atoms with Gasteiger partial charge >= 0.3 is 0 Å². The summed E-state index contributed by atoms with van der Waals surface area (Å²) in [5, 5.41) is 8.66. The van der Waals surface area contributed by atoms with Crippen LogP contribution in [0.4, 0.5) is 5.13 Å². The average Bonchev–Trinajstić information content (AvgIpc) is 2.75. The van der Waals surface area contributed by atoms with Crippen molar-refractivity contribution in [2.24, 2.45) is 5.73 Å². The van der Waals surface area contributed by atoms with E-state index in [1.807, 2.05) is 0 Å². The van der Waals surface area contributed by atoms with E-state index in [9.17, 15) is 0 Å². The Balaban J connectivity index is 2.24. The van der Waals surface area contributed by atoms with Crippen molar-refractivity contribution in [2.45, 2.75) is 19.8 Å². The Morgan fingerprint density at radius 1 is 1.33 bits per heavy atom. The third-order valence-electron chi connectivity index (χ3n) is 3.21. The van der Waals surface area contributed by atoms with Gasteiger partial charge in [0.15, 0.2) is 5.13 Å². The molecule has 3 N–H and O–H groups in total. The highest BCUT2D eigenvalue weighted by Crippen LogP contribution is 2.30. The quantitative estimate of drug-likeness (QED) is 0.640. The fraction of sp³-hybridized carbons (Fsp3) is 0.667. The normalized spacial score (nSPS) is 17.4. The lowest BCUT2D eigenvalue weighted by atomic mass is 10.1. The number of hydrogen-bond acceptors (Lipinski definition) is 5. The molecule has 1 aromatic rings. The Morgan fingerprint density at radius 2 is 1.94 bits per heavy atom. The summed E-state index contributed by atoms with van der Waals surface area (Å²) < 4.78 is 0. The molecule has 0 amide bonds. The standard InChI is InChI=1S/C12H21N5S/c1-8(2)9-10(11(13)14)18-12(15-9)17-6-4-16(3)5-7-17/h8H,4-7H2,1-3H3,(H3,13,14). The van der Waals surface area contributed by atoms with Crippen LogP contribution in [0.25, 0.3) is 0 Å². The van der Waals surface area contributed by atoms with Gasteiger partial charge < -0.3 is 15.5 Å². The third-order valence-corrected chi connectivity index (χ3v) is 4.37. The lowest BCUT2D eigenvalue weighted by Gasteiger charge is -2.32. The van der Waals surface area contributed by atoms with Crippen LogP contribution in [0, 0.1) is 5.41 Å². The number of anilines is 1. The number of hydrogen-bond donors (Lipinski definition) is 2. The van der Waals surface area contributed by atoms with Crippen molar-refractivity contribution < 1.29 is 0 Å². The summed E-state index contributed by atoms with van der Waals surface area (Å²) in [6.45, 7) is 8.31. The number of aromatic nitrogens is 1. The van der Waals surface area contributed by atoms with Gasteiger partial charge in [0, 0.05) is 26.2 Å². The van der Waals surface area contributed by atoms with E-state index in [1.54, 1.807) is 11.3 Å². The Bertz CT molecular complexity index is 432. The van der Waals surface area contributed by atoms with Crippen LogP contribution in [0.5, 0.6) is 0 Å². The summed E-state index contributed by atoms with van der Waals surface area (Å²) >= 11 is 1.55. The molecule has 0 radical (unpaired) electrons. The lowest BCUT2D eigenvalue weighted by Crippen LogP contribution is -2.44. The van der Waals surface area contributed by atoms with Gasteiger partial charge in [0.1, 0.15) is 5.84 Å². The van der Waals surface area contributed by atoms with Crippen LogP contribution in [0.2, 0.25) is 0 Å². The molecule has 2 heterocycles. The molecule has 0 bridgehead atoms. The molecular weight excluding hydrogens is 246 g/mol. The predicted molar refractivity (Wildman–Crippen MR) is 76.9 cm³/mol. The van der Waals surface area contributed by atoms with Crippen LogP contribution in [0.3, 0.4) is 0 Å². The SMILES string of the molecule is CC(C)c1nc(N2CCN(C)CC2)sc1C(=N)N. The lowest BCUT2D eigenvalue weighted by molar-refractivity contribution is 0.312. The van der Waals surface area contributed by atoms with E-state index in [2.05, 4.69) is 35.7 Å². The predicted octanol–water partition coefficient (Wildman–Crippen LogP) is 1.30. The van der Waals surface area contributed by atoms with Crippen molar-refractivity contribution in [3.63, 3.8) is 0 Å². The van der Waals surface area contributed by atoms with Gasteiger partial charge in [0.05, 0.1) is 10.6 Å². The summed E-state index contributed by atoms with van der Waals surface area (Å²) in [6.07, 6.45) is 0. The van der Waals surface area contributed by atoms with Gasteiger partial charge in [-0.05, 0) is 13.0 Å². The minimum Gasteiger partial charge on any atom is -0.383 e. The number of likely N-dealkylation sites (N-methyl/N-ethyl adjacent to an activating group) is 1. The zero-order chi connectivity index (χ0) is 13.3. The second-order valence-corrected chi connectivity index (χ2v) is 6.05. The van der Waals surface area contributed by atoms with E-state index in [4.69, 9.17) is 11.1 Å². The van der Waals surface area contributed by atoms with Crippen molar-refractivity contribution in [1.82, 2.24) is 9.88 Å². The van der Waals surface area contributed by atoms with Gasteiger partial charge in [-0.1, -0.05) is 25.2 Å². The maximum Gasteiger partial charge on any atom is 0.186 e. The minimum absolute atomic E-state index is 0.136. The van der Waals surface area contributed by atoms with Crippen LogP contribution in [-0.4, -0.2) is 48.9 Å². The second kappa shape index (κ2) is 5.24. The number of nitrogens with zero attached hydrogens (tertiary/aromatic N) is 3. The van der Waals surface area contributed by atoms with Gasteiger partial charge in [-0.2, -0.15) is 0 Å². The van der Waals surface area contributed by atoms with Crippen LogP contribution in [-0.2, 0) is 0 Å². The molecule has 0 aromatic carbocycles. The first kappa shape index (κ1) is 13.3. The topological polar surface area (TPSA) is 69.2 Å². The van der Waals surface area contributed by atoms with E-state index < -0.39 is 0 Å². The fourth-order valence-electron chi connectivity index (χ4n) is 2.04. The number of nitrogens with two attached hydrogens (primary N) is 1. The monoisotopic (exact) mass is 267 g/mol. The summed E-state index contributed by atoms with van der Waals surface area (Å²) in [7, 11) is 2.14. The van der Waals surface area contributed by atoms with Crippen LogP contribution < -0.4 is 10.6 Å². The molecule has 1 aliphatic heterocycles. The maximum atomic E-state index is 7.65.